The van der Waals surface area contributed by atoms with Gasteiger partial charge in [0, 0.05) is 18.6 Å². The van der Waals surface area contributed by atoms with E-state index < -0.39 is 0 Å². The van der Waals surface area contributed by atoms with Crippen molar-refractivity contribution < 1.29 is 0 Å². The second kappa shape index (κ2) is 5.40. The van der Waals surface area contributed by atoms with Crippen molar-refractivity contribution in [3.05, 3.63) is 12.7 Å². The third kappa shape index (κ3) is 3.12. The summed E-state index contributed by atoms with van der Waals surface area (Å²) < 4.78 is 0. The zero-order chi connectivity index (χ0) is 9.57. The highest BCUT2D eigenvalue weighted by Crippen LogP contribution is 2.25. The maximum absolute atomic E-state index is 5.85. The molecule has 2 heteroatoms. The topological polar surface area (TPSA) is 38.0 Å². The maximum atomic E-state index is 5.85. The van der Waals surface area contributed by atoms with Crippen molar-refractivity contribution in [2.45, 2.75) is 44.1 Å². The standard InChI is InChI=1S/C11H22N2/c1-2-9-13-11(10-12)7-5-3-4-6-8-11/h2,13H,1,3-10,12H2. The normalized spacial score (nSPS) is 22.2. The molecule has 1 rings (SSSR count). The molecule has 0 amide bonds. The Hall–Kier alpha value is -0.340. The molecule has 0 unspecified atom stereocenters. The molecule has 0 bridgehead atoms. The van der Waals surface area contributed by atoms with Crippen LogP contribution in [0.4, 0.5) is 0 Å². The molecule has 0 saturated heterocycles. The molecule has 13 heavy (non-hydrogen) atoms. The highest BCUT2D eigenvalue weighted by molar-refractivity contribution is 4.92. The molecular formula is C11H22N2. The van der Waals surface area contributed by atoms with Gasteiger partial charge in [-0.15, -0.1) is 6.58 Å². The number of nitrogens with two attached hydrogens (primary N) is 1. The van der Waals surface area contributed by atoms with Crippen molar-refractivity contribution in [1.82, 2.24) is 5.32 Å². The molecular weight excluding hydrogens is 160 g/mol. The Kier molecular flexibility index (Phi) is 4.46. The predicted octanol–water partition coefficient (Wildman–Crippen LogP) is 1.81. The summed E-state index contributed by atoms with van der Waals surface area (Å²) in [6.45, 7) is 5.38. The summed E-state index contributed by atoms with van der Waals surface area (Å²) in [5, 5.41) is 3.53. The quantitative estimate of drug-likeness (QED) is 0.514. The van der Waals surface area contributed by atoms with Crippen LogP contribution >= 0.6 is 0 Å². The highest BCUT2D eigenvalue weighted by atomic mass is 15.0. The SMILES string of the molecule is C=CCNC1(CN)CCCCCC1. The fourth-order valence-electron chi connectivity index (χ4n) is 2.15. The summed E-state index contributed by atoms with van der Waals surface area (Å²) in [6, 6.07) is 0. The zero-order valence-electron chi connectivity index (χ0n) is 8.52. The smallest absolute Gasteiger partial charge is 0.0306 e. The van der Waals surface area contributed by atoms with E-state index in [1.54, 1.807) is 0 Å². The minimum Gasteiger partial charge on any atom is -0.329 e. The molecule has 0 heterocycles. The molecule has 0 aromatic carbocycles. The van der Waals surface area contributed by atoms with Gasteiger partial charge in [0.05, 0.1) is 0 Å². The summed E-state index contributed by atoms with van der Waals surface area (Å²) in [7, 11) is 0. The molecule has 0 aliphatic heterocycles. The first-order valence-corrected chi connectivity index (χ1v) is 5.39. The van der Waals surface area contributed by atoms with E-state index in [1.807, 2.05) is 6.08 Å². The monoisotopic (exact) mass is 182 g/mol. The number of hydrogen-bond acceptors (Lipinski definition) is 2. The van der Waals surface area contributed by atoms with Gasteiger partial charge in [-0.3, -0.25) is 0 Å². The van der Waals surface area contributed by atoms with Gasteiger partial charge >= 0.3 is 0 Å². The van der Waals surface area contributed by atoms with Crippen molar-refractivity contribution in [3.8, 4) is 0 Å². The van der Waals surface area contributed by atoms with Crippen LogP contribution in [0.2, 0.25) is 0 Å². The van der Waals surface area contributed by atoms with E-state index in [0.29, 0.717) is 0 Å². The van der Waals surface area contributed by atoms with Gasteiger partial charge in [0.1, 0.15) is 0 Å². The fraction of sp³-hybridized carbons (Fsp3) is 0.818. The molecule has 1 fully saturated rings. The Balaban J connectivity index is 2.48. The molecule has 0 spiro atoms. The van der Waals surface area contributed by atoms with Gasteiger partial charge in [-0.25, -0.2) is 0 Å². The van der Waals surface area contributed by atoms with Crippen molar-refractivity contribution >= 4 is 0 Å². The van der Waals surface area contributed by atoms with E-state index in [2.05, 4.69) is 11.9 Å². The molecule has 3 N–H and O–H groups in total. The molecule has 0 aromatic heterocycles. The van der Waals surface area contributed by atoms with Crippen molar-refractivity contribution in [2.75, 3.05) is 13.1 Å². The second-order valence-corrected chi connectivity index (χ2v) is 4.07. The van der Waals surface area contributed by atoms with Crippen LogP contribution < -0.4 is 11.1 Å². The summed E-state index contributed by atoms with van der Waals surface area (Å²) in [4.78, 5) is 0. The lowest BCUT2D eigenvalue weighted by Gasteiger charge is -2.32. The molecule has 0 aromatic rings. The average molecular weight is 182 g/mol. The zero-order valence-corrected chi connectivity index (χ0v) is 8.52. The van der Waals surface area contributed by atoms with Crippen LogP contribution in [0, 0.1) is 0 Å². The molecule has 2 nitrogen and oxygen atoms in total. The van der Waals surface area contributed by atoms with Crippen LogP contribution in [-0.2, 0) is 0 Å². The number of hydrogen-bond donors (Lipinski definition) is 2. The van der Waals surface area contributed by atoms with Crippen LogP contribution in [0.15, 0.2) is 12.7 Å². The molecule has 0 atom stereocenters. The molecule has 0 radical (unpaired) electrons. The first kappa shape index (κ1) is 10.7. The lowest BCUT2D eigenvalue weighted by Crippen LogP contribution is -2.50. The van der Waals surface area contributed by atoms with Gasteiger partial charge in [0.15, 0.2) is 0 Å². The van der Waals surface area contributed by atoms with Gasteiger partial charge < -0.3 is 11.1 Å². The minimum absolute atomic E-state index is 0.213. The third-order valence-corrected chi connectivity index (χ3v) is 3.07. The minimum atomic E-state index is 0.213. The van der Waals surface area contributed by atoms with Crippen LogP contribution in [-0.4, -0.2) is 18.6 Å². The molecule has 1 saturated carbocycles. The van der Waals surface area contributed by atoms with Crippen molar-refractivity contribution in [3.63, 3.8) is 0 Å². The van der Waals surface area contributed by atoms with Crippen molar-refractivity contribution in [1.29, 1.82) is 0 Å². The maximum Gasteiger partial charge on any atom is 0.0306 e. The predicted molar refractivity (Wildman–Crippen MR) is 57.7 cm³/mol. The molecule has 1 aliphatic rings. The van der Waals surface area contributed by atoms with E-state index in [-0.39, 0.29) is 5.54 Å². The van der Waals surface area contributed by atoms with Gasteiger partial charge in [-0.05, 0) is 12.8 Å². The molecule has 76 valence electrons. The van der Waals surface area contributed by atoms with E-state index >= 15 is 0 Å². The highest BCUT2D eigenvalue weighted by Gasteiger charge is 2.27. The number of rotatable bonds is 4. The second-order valence-electron chi connectivity index (χ2n) is 4.07. The van der Waals surface area contributed by atoms with E-state index in [1.165, 1.54) is 38.5 Å². The first-order valence-electron chi connectivity index (χ1n) is 5.39. The summed E-state index contributed by atoms with van der Waals surface area (Å²) >= 11 is 0. The summed E-state index contributed by atoms with van der Waals surface area (Å²) in [5.74, 6) is 0. The number of nitrogens with one attached hydrogen (secondary N) is 1. The van der Waals surface area contributed by atoms with Crippen LogP contribution in [0.1, 0.15) is 38.5 Å². The van der Waals surface area contributed by atoms with Gasteiger partial charge in [-0.2, -0.15) is 0 Å². The van der Waals surface area contributed by atoms with Crippen molar-refractivity contribution in [2.24, 2.45) is 5.73 Å². The third-order valence-electron chi connectivity index (χ3n) is 3.07. The van der Waals surface area contributed by atoms with Gasteiger partial charge in [0.2, 0.25) is 0 Å². The first-order chi connectivity index (χ1) is 6.33. The Labute approximate surface area is 81.6 Å². The van der Waals surface area contributed by atoms with Crippen LogP contribution in [0.25, 0.3) is 0 Å². The van der Waals surface area contributed by atoms with E-state index in [4.69, 9.17) is 5.73 Å². The Morgan fingerprint density at radius 1 is 1.23 bits per heavy atom. The Morgan fingerprint density at radius 3 is 2.31 bits per heavy atom. The van der Waals surface area contributed by atoms with Gasteiger partial charge in [0.25, 0.3) is 0 Å². The molecule has 1 aliphatic carbocycles. The Bertz CT molecular complexity index is 146. The van der Waals surface area contributed by atoms with E-state index in [9.17, 15) is 0 Å². The average Bonchev–Trinajstić information content (AvgIpc) is 2.41. The summed E-state index contributed by atoms with van der Waals surface area (Å²) in [6.07, 6.45) is 9.77. The van der Waals surface area contributed by atoms with Crippen LogP contribution in [0.3, 0.4) is 0 Å². The largest absolute Gasteiger partial charge is 0.329 e. The fourth-order valence-corrected chi connectivity index (χ4v) is 2.15. The lowest BCUT2D eigenvalue weighted by atomic mass is 9.90. The van der Waals surface area contributed by atoms with E-state index in [0.717, 1.165) is 13.1 Å². The summed E-state index contributed by atoms with van der Waals surface area (Å²) in [5.41, 5.74) is 6.06. The van der Waals surface area contributed by atoms with Crippen LogP contribution in [0.5, 0.6) is 0 Å². The van der Waals surface area contributed by atoms with Gasteiger partial charge in [-0.1, -0.05) is 31.8 Å². The Morgan fingerprint density at radius 2 is 1.85 bits per heavy atom. The lowest BCUT2D eigenvalue weighted by molar-refractivity contribution is 0.304.